The number of nitrogens with zero attached hydrogens (tertiary/aromatic N) is 2. The van der Waals surface area contributed by atoms with Crippen LogP contribution in [0.15, 0.2) is 30.3 Å². The van der Waals surface area contributed by atoms with Crippen LogP contribution in [0.25, 0.3) is 5.69 Å². The first-order valence-corrected chi connectivity index (χ1v) is 7.13. The van der Waals surface area contributed by atoms with Crippen molar-refractivity contribution >= 4 is 5.69 Å². The molecule has 1 aromatic carbocycles. The van der Waals surface area contributed by atoms with Crippen molar-refractivity contribution in [2.75, 3.05) is 11.9 Å². The van der Waals surface area contributed by atoms with Crippen molar-refractivity contribution in [1.29, 1.82) is 0 Å². The number of hydrogen-bond donors (Lipinski definition) is 1. The minimum atomic E-state index is 0.353. The maximum atomic E-state index is 5.59. The van der Waals surface area contributed by atoms with E-state index in [9.17, 15) is 0 Å². The van der Waals surface area contributed by atoms with E-state index >= 15 is 0 Å². The molecule has 0 aliphatic carbocycles. The number of benzene rings is 1. The Bertz CT molecular complexity index is 606. The minimum Gasteiger partial charge on any atom is -0.380 e. The lowest BCUT2D eigenvalue weighted by Crippen LogP contribution is -2.19. The molecule has 1 aliphatic rings. The first kappa shape index (κ1) is 13.2. The van der Waals surface area contributed by atoms with Crippen molar-refractivity contribution in [2.45, 2.75) is 39.3 Å². The molecular weight excluding hydrogens is 250 g/mol. The second-order valence-corrected chi connectivity index (χ2v) is 5.61. The van der Waals surface area contributed by atoms with E-state index in [1.807, 2.05) is 11.6 Å². The van der Waals surface area contributed by atoms with Crippen molar-refractivity contribution in [2.24, 2.45) is 0 Å². The van der Waals surface area contributed by atoms with E-state index in [1.54, 1.807) is 0 Å². The quantitative estimate of drug-likeness (QED) is 0.932. The molecule has 1 N–H and O–H groups in total. The average Bonchev–Trinajstić information content (AvgIpc) is 2.96. The zero-order valence-corrected chi connectivity index (χ0v) is 12.3. The van der Waals surface area contributed by atoms with Gasteiger partial charge in [-0.15, -0.1) is 0 Å². The monoisotopic (exact) mass is 271 g/mol. The molecule has 1 fully saturated rings. The molecule has 0 saturated carbocycles. The molecule has 4 heteroatoms. The summed E-state index contributed by atoms with van der Waals surface area (Å²) in [5, 5.41) is 8.07. The van der Waals surface area contributed by atoms with Crippen molar-refractivity contribution in [3.05, 3.63) is 41.7 Å². The van der Waals surface area contributed by atoms with Crippen LogP contribution in [0.3, 0.4) is 0 Å². The lowest BCUT2D eigenvalue weighted by molar-refractivity contribution is 0.124. The molecule has 0 radical (unpaired) electrons. The standard InChI is InChI=1S/C16H21N3O/c1-11-7-12(2)19(18-11)16-6-4-5-14(9-16)17-15-8-13(3)20-10-15/h4-7,9,13,15,17H,8,10H2,1-3H3. The van der Waals surface area contributed by atoms with E-state index in [0.717, 1.165) is 35.8 Å². The fourth-order valence-corrected chi connectivity index (χ4v) is 2.77. The van der Waals surface area contributed by atoms with Crippen molar-refractivity contribution in [3.8, 4) is 5.69 Å². The first-order chi connectivity index (χ1) is 9.61. The second-order valence-electron chi connectivity index (χ2n) is 5.61. The highest BCUT2D eigenvalue weighted by molar-refractivity contribution is 5.52. The summed E-state index contributed by atoms with van der Waals surface area (Å²) in [4.78, 5) is 0. The van der Waals surface area contributed by atoms with Gasteiger partial charge in [-0.1, -0.05) is 6.07 Å². The van der Waals surface area contributed by atoms with Crippen LogP contribution in [0.4, 0.5) is 5.69 Å². The molecule has 1 aliphatic heterocycles. The van der Waals surface area contributed by atoms with Crippen molar-refractivity contribution in [3.63, 3.8) is 0 Å². The number of hydrogen-bond acceptors (Lipinski definition) is 3. The molecule has 0 spiro atoms. The maximum absolute atomic E-state index is 5.59. The minimum absolute atomic E-state index is 0.353. The third-order valence-electron chi connectivity index (χ3n) is 3.67. The molecular formula is C16H21N3O. The van der Waals surface area contributed by atoms with Crippen LogP contribution in [0.2, 0.25) is 0 Å². The Hall–Kier alpha value is -1.81. The van der Waals surface area contributed by atoms with Crippen molar-refractivity contribution < 1.29 is 4.74 Å². The summed E-state index contributed by atoms with van der Waals surface area (Å²) in [6.07, 6.45) is 1.41. The predicted octanol–water partition coefficient (Wildman–Crippen LogP) is 3.08. The molecule has 1 saturated heterocycles. The average molecular weight is 271 g/mol. The highest BCUT2D eigenvalue weighted by atomic mass is 16.5. The van der Waals surface area contributed by atoms with Gasteiger partial charge in [0.05, 0.1) is 30.1 Å². The second kappa shape index (κ2) is 5.29. The van der Waals surface area contributed by atoms with Gasteiger partial charge in [-0.25, -0.2) is 4.68 Å². The number of ether oxygens (including phenoxy) is 1. The summed E-state index contributed by atoms with van der Waals surface area (Å²) in [5.41, 5.74) is 4.40. The third kappa shape index (κ3) is 2.70. The largest absolute Gasteiger partial charge is 0.380 e. The third-order valence-corrected chi connectivity index (χ3v) is 3.67. The summed E-state index contributed by atoms with van der Waals surface area (Å²) in [6, 6.07) is 10.9. The van der Waals surface area contributed by atoms with E-state index in [-0.39, 0.29) is 0 Å². The normalized spacial score (nSPS) is 22.1. The Balaban J connectivity index is 1.81. The number of anilines is 1. The molecule has 1 aromatic heterocycles. The van der Waals surface area contributed by atoms with E-state index in [1.165, 1.54) is 0 Å². The number of rotatable bonds is 3. The highest BCUT2D eigenvalue weighted by Crippen LogP contribution is 2.21. The summed E-state index contributed by atoms with van der Waals surface area (Å²) >= 11 is 0. The van der Waals surface area contributed by atoms with E-state index < -0.39 is 0 Å². The van der Waals surface area contributed by atoms with Gasteiger partial charge in [-0.2, -0.15) is 5.10 Å². The number of nitrogens with one attached hydrogen (secondary N) is 1. The van der Waals surface area contributed by atoms with Gasteiger partial charge in [-0.05, 0) is 51.5 Å². The molecule has 2 atom stereocenters. The van der Waals surface area contributed by atoms with Crippen LogP contribution in [0.5, 0.6) is 0 Å². The molecule has 2 aromatic rings. The molecule has 3 rings (SSSR count). The summed E-state index contributed by atoms with van der Waals surface area (Å²) in [5.74, 6) is 0. The van der Waals surface area contributed by atoms with Gasteiger partial charge in [0.2, 0.25) is 0 Å². The molecule has 20 heavy (non-hydrogen) atoms. The van der Waals surface area contributed by atoms with Crippen LogP contribution in [-0.2, 0) is 4.74 Å². The van der Waals surface area contributed by atoms with Gasteiger partial charge in [0.1, 0.15) is 0 Å². The highest BCUT2D eigenvalue weighted by Gasteiger charge is 2.21. The van der Waals surface area contributed by atoms with Gasteiger partial charge in [-0.3, -0.25) is 0 Å². The molecule has 4 nitrogen and oxygen atoms in total. The SMILES string of the molecule is Cc1cc(C)n(-c2cccc(NC3COC(C)C3)c2)n1. The predicted molar refractivity (Wildman–Crippen MR) is 80.5 cm³/mol. The van der Waals surface area contributed by atoms with Gasteiger partial charge in [0, 0.05) is 11.4 Å². The van der Waals surface area contributed by atoms with E-state index in [2.05, 4.69) is 54.6 Å². The van der Waals surface area contributed by atoms with E-state index in [0.29, 0.717) is 12.1 Å². The summed E-state index contributed by atoms with van der Waals surface area (Å²) in [7, 11) is 0. The fourth-order valence-electron chi connectivity index (χ4n) is 2.77. The van der Waals surface area contributed by atoms with Gasteiger partial charge in [0.15, 0.2) is 0 Å². The fraction of sp³-hybridized carbons (Fsp3) is 0.438. The summed E-state index contributed by atoms with van der Waals surface area (Å²) in [6.45, 7) is 6.99. The van der Waals surface area contributed by atoms with Crippen LogP contribution in [0, 0.1) is 13.8 Å². The van der Waals surface area contributed by atoms with Crippen LogP contribution >= 0.6 is 0 Å². The van der Waals surface area contributed by atoms with Crippen LogP contribution in [0.1, 0.15) is 24.7 Å². The van der Waals surface area contributed by atoms with Gasteiger partial charge >= 0.3 is 0 Å². The molecule has 0 bridgehead atoms. The molecule has 0 amide bonds. The van der Waals surface area contributed by atoms with Gasteiger partial charge < -0.3 is 10.1 Å². The zero-order chi connectivity index (χ0) is 14.1. The molecule has 2 unspecified atom stereocenters. The van der Waals surface area contributed by atoms with E-state index in [4.69, 9.17) is 4.74 Å². The van der Waals surface area contributed by atoms with Gasteiger partial charge in [0.25, 0.3) is 0 Å². The molecule has 106 valence electrons. The lowest BCUT2D eigenvalue weighted by Gasteiger charge is -2.14. The Morgan fingerprint density at radius 2 is 2.15 bits per heavy atom. The Morgan fingerprint density at radius 1 is 1.30 bits per heavy atom. The first-order valence-electron chi connectivity index (χ1n) is 7.13. The Morgan fingerprint density at radius 3 is 2.80 bits per heavy atom. The van der Waals surface area contributed by atoms with Crippen molar-refractivity contribution in [1.82, 2.24) is 9.78 Å². The topological polar surface area (TPSA) is 39.1 Å². The van der Waals surface area contributed by atoms with Crippen LogP contribution < -0.4 is 5.32 Å². The number of aromatic nitrogens is 2. The summed E-state index contributed by atoms with van der Waals surface area (Å²) < 4.78 is 7.58. The number of aryl methyl sites for hydroxylation is 2. The Labute approximate surface area is 119 Å². The van der Waals surface area contributed by atoms with Crippen LogP contribution in [-0.4, -0.2) is 28.5 Å². The zero-order valence-electron chi connectivity index (χ0n) is 12.3. The smallest absolute Gasteiger partial charge is 0.0672 e. The Kier molecular flexibility index (Phi) is 3.49. The lowest BCUT2D eigenvalue weighted by atomic mass is 10.2. The molecule has 2 heterocycles. The maximum Gasteiger partial charge on any atom is 0.0672 e.